The van der Waals surface area contributed by atoms with E-state index in [0.29, 0.717) is 0 Å². The van der Waals surface area contributed by atoms with Gasteiger partial charge in [-0.25, -0.2) is 0 Å². The van der Waals surface area contributed by atoms with Crippen LogP contribution in [-0.2, 0) is 0 Å². The van der Waals surface area contributed by atoms with Crippen LogP contribution in [0.15, 0.2) is 53.4 Å². The minimum absolute atomic E-state index is 1.01. The summed E-state index contributed by atoms with van der Waals surface area (Å²) in [5, 5.41) is 1.16. The first-order valence-corrected chi connectivity index (χ1v) is 6.51. The molecule has 0 fully saturated rings. The van der Waals surface area contributed by atoms with E-state index in [9.17, 15) is 0 Å². The Hall–Kier alpha value is -1.74. The molecular formula is C15H11BrN2. The second-order valence-electron chi connectivity index (χ2n) is 4.17. The average molecular weight is 299 g/mol. The maximum absolute atomic E-state index is 4.39. The maximum atomic E-state index is 4.39. The van der Waals surface area contributed by atoms with E-state index in [1.54, 1.807) is 0 Å². The van der Waals surface area contributed by atoms with Gasteiger partial charge in [0.2, 0.25) is 0 Å². The molecule has 3 rings (SSSR count). The molecule has 0 saturated heterocycles. The zero-order valence-electron chi connectivity index (χ0n) is 9.89. The second-order valence-corrected chi connectivity index (χ2v) is 5.02. The maximum Gasteiger partial charge on any atom is 0.0708 e. The molecule has 0 aliphatic heterocycles. The number of halogens is 1. The predicted molar refractivity (Wildman–Crippen MR) is 77.4 cm³/mol. The predicted octanol–water partition coefficient (Wildman–Crippen LogP) is 4.37. The van der Waals surface area contributed by atoms with Crippen LogP contribution in [0, 0.1) is 6.92 Å². The van der Waals surface area contributed by atoms with Crippen molar-refractivity contribution in [2.24, 2.45) is 0 Å². The molecular weight excluding hydrogens is 288 g/mol. The zero-order chi connectivity index (χ0) is 12.5. The Morgan fingerprint density at radius 3 is 2.78 bits per heavy atom. The third kappa shape index (κ3) is 1.81. The summed E-state index contributed by atoms with van der Waals surface area (Å²) in [5.74, 6) is 0. The number of hydrogen-bond donors (Lipinski definition) is 0. The smallest absolute Gasteiger partial charge is 0.0708 e. The summed E-state index contributed by atoms with van der Waals surface area (Å²) in [6, 6.07) is 10.2. The molecule has 0 amide bonds. The van der Waals surface area contributed by atoms with Crippen LogP contribution in [0.2, 0.25) is 0 Å². The summed E-state index contributed by atoms with van der Waals surface area (Å²) in [6.45, 7) is 2.09. The van der Waals surface area contributed by atoms with Gasteiger partial charge in [-0.2, -0.15) is 0 Å². The van der Waals surface area contributed by atoms with E-state index in [4.69, 9.17) is 0 Å². The second kappa shape index (κ2) is 4.50. The van der Waals surface area contributed by atoms with Crippen molar-refractivity contribution < 1.29 is 0 Å². The molecule has 0 atom stereocenters. The standard InChI is InChI=1S/C15H11BrN2/c1-10-13(8-17-9-14(10)16)11-4-2-6-15-12(11)5-3-7-18-15/h2-9H,1H3. The van der Waals surface area contributed by atoms with Gasteiger partial charge in [-0.15, -0.1) is 0 Å². The monoisotopic (exact) mass is 298 g/mol. The Balaban J connectivity index is 2.35. The molecule has 2 aromatic heterocycles. The highest BCUT2D eigenvalue weighted by Gasteiger charge is 2.08. The van der Waals surface area contributed by atoms with Crippen LogP contribution in [-0.4, -0.2) is 9.97 Å². The van der Waals surface area contributed by atoms with E-state index >= 15 is 0 Å². The van der Waals surface area contributed by atoms with E-state index in [-0.39, 0.29) is 0 Å². The molecule has 0 unspecified atom stereocenters. The first kappa shape index (κ1) is 11.4. The molecule has 18 heavy (non-hydrogen) atoms. The largest absolute Gasteiger partial charge is 0.263 e. The first-order chi connectivity index (χ1) is 8.77. The topological polar surface area (TPSA) is 25.8 Å². The van der Waals surface area contributed by atoms with Crippen LogP contribution >= 0.6 is 15.9 Å². The van der Waals surface area contributed by atoms with Gasteiger partial charge < -0.3 is 0 Å². The average Bonchev–Trinajstić information content (AvgIpc) is 2.41. The summed E-state index contributed by atoms with van der Waals surface area (Å²) in [5.41, 5.74) is 4.52. The molecule has 88 valence electrons. The Bertz CT molecular complexity index is 717. The van der Waals surface area contributed by atoms with Gasteiger partial charge >= 0.3 is 0 Å². The zero-order valence-corrected chi connectivity index (χ0v) is 11.5. The highest BCUT2D eigenvalue weighted by molar-refractivity contribution is 9.10. The van der Waals surface area contributed by atoms with Crippen molar-refractivity contribution in [3.05, 3.63) is 59.0 Å². The molecule has 2 heterocycles. The SMILES string of the molecule is Cc1c(Br)cncc1-c1cccc2ncccc12. The van der Waals surface area contributed by atoms with E-state index in [1.807, 2.05) is 36.8 Å². The molecule has 0 aliphatic carbocycles. The lowest BCUT2D eigenvalue weighted by Gasteiger charge is -2.09. The number of rotatable bonds is 1. The number of hydrogen-bond acceptors (Lipinski definition) is 2. The Morgan fingerprint density at radius 1 is 1.00 bits per heavy atom. The fraction of sp³-hybridized carbons (Fsp3) is 0.0667. The number of nitrogens with zero attached hydrogens (tertiary/aromatic N) is 2. The van der Waals surface area contributed by atoms with Crippen molar-refractivity contribution in [1.82, 2.24) is 9.97 Å². The van der Waals surface area contributed by atoms with Crippen LogP contribution in [0.5, 0.6) is 0 Å². The fourth-order valence-corrected chi connectivity index (χ4v) is 2.44. The van der Waals surface area contributed by atoms with Gasteiger partial charge in [-0.3, -0.25) is 9.97 Å². The quantitative estimate of drug-likeness (QED) is 0.667. The molecule has 0 N–H and O–H groups in total. The molecule has 3 heteroatoms. The van der Waals surface area contributed by atoms with Crippen molar-refractivity contribution in [2.45, 2.75) is 6.92 Å². The minimum Gasteiger partial charge on any atom is -0.263 e. The minimum atomic E-state index is 1.01. The van der Waals surface area contributed by atoms with Crippen LogP contribution in [0.4, 0.5) is 0 Å². The summed E-state index contributed by atoms with van der Waals surface area (Å²) in [4.78, 5) is 8.65. The van der Waals surface area contributed by atoms with Crippen LogP contribution in [0.25, 0.3) is 22.0 Å². The van der Waals surface area contributed by atoms with Crippen molar-refractivity contribution >= 4 is 26.8 Å². The lowest BCUT2D eigenvalue weighted by Crippen LogP contribution is -1.89. The van der Waals surface area contributed by atoms with Gasteiger partial charge in [0.25, 0.3) is 0 Å². The van der Waals surface area contributed by atoms with Gasteiger partial charge in [0.15, 0.2) is 0 Å². The van der Waals surface area contributed by atoms with Crippen molar-refractivity contribution in [3.8, 4) is 11.1 Å². The molecule has 0 saturated carbocycles. The van der Waals surface area contributed by atoms with Crippen molar-refractivity contribution in [1.29, 1.82) is 0 Å². The molecule has 2 nitrogen and oxygen atoms in total. The van der Waals surface area contributed by atoms with Gasteiger partial charge in [-0.05, 0) is 46.1 Å². The van der Waals surface area contributed by atoms with Gasteiger partial charge in [0, 0.05) is 34.0 Å². The lowest BCUT2D eigenvalue weighted by molar-refractivity contribution is 1.26. The molecule has 0 radical (unpaired) electrons. The fourth-order valence-electron chi connectivity index (χ4n) is 2.11. The normalized spacial score (nSPS) is 10.8. The molecule has 0 aliphatic rings. The Morgan fingerprint density at radius 2 is 1.89 bits per heavy atom. The van der Waals surface area contributed by atoms with E-state index in [1.165, 1.54) is 11.1 Å². The molecule has 0 bridgehead atoms. The van der Waals surface area contributed by atoms with Crippen LogP contribution in [0.3, 0.4) is 0 Å². The number of aromatic nitrogens is 2. The van der Waals surface area contributed by atoms with Crippen molar-refractivity contribution in [2.75, 3.05) is 0 Å². The van der Waals surface area contributed by atoms with Gasteiger partial charge in [-0.1, -0.05) is 18.2 Å². The van der Waals surface area contributed by atoms with E-state index in [0.717, 1.165) is 20.9 Å². The summed E-state index contributed by atoms with van der Waals surface area (Å²) in [6.07, 6.45) is 5.54. The Kier molecular flexibility index (Phi) is 2.84. The van der Waals surface area contributed by atoms with E-state index in [2.05, 4.69) is 45.0 Å². The number of fused-ring (bicyclic) bond motifs is 1. The van der Waals surface area contributed by atoms with Crippen molar-refractivity contribution in [3.63, 3.8) is 0 Å². The highest BCUT2D eigenvalue weighted by atomic mass is 79.9. The third-order valence-corrected chi connectivity index (χ3v) is 3.89. The Labute approximate surface area is 114 Å². The van der Waals surface area contributed by atoms with Gasteiger partial charge in [0.05, 0.1) is 5.52 Å². The molecule has 3 aromatic rings. The summed E-state index contributed by atoms with van der Waals surface area (Å²) >= 11 is 3.53. The summed E-state index contributed by atoms with van der Waals surface area (Å²) in [7, 11) is 0. The summed E-state index contributed by atoms with van der Waals surface area (Å²) < 4.78 is 1.03. The third-order valence-electron chi connectivity index (χ3n) is 3.09. The highest BCUT2D eigenvalue weighted by Crippen LogP contribution is 2.32. The molecule has 1 aromatic carbocycles. The van der Waals surface area contributed by atoms with E-state index < -0.39 is 0 Å². The first-order valence-electron chi connectivity index (χ1n) is 5.71. The number of pyridine rings is 2. The van der Waals surface area contributed by atoms with Gasteiger partial charge in [0.1, 0.15) is 0 Å². The lowest BCUT2D eigenvalue weighted by atomic mass is 9.99. The molecule has 0 spiro atoms. The van der Waals surface area contributed by atoms with Crippen LogP contribution in [0.1, 0.15) is 5.56 Å². The number of benzene rings is 1. The van der Waals surface area contributed by atoms with Crippen LogP contribution < -0.4 is 0 Å².